The average molecular weight is 943 g/mol. The molecule has 1 rings (SSSR count). The Kier molecular flexibility index (Phi) is 35.4. The van der Waals surface area contributed by atoms with Crippen molar-refractivity contribution in [1.82, 2.24) is 0 Å². The smallest absolute Gasteiger partial charge is 0.462 e. The van der Waals surface area contributed by atoms with E-state index in [0.29, 0.717) is 38.5 Å². The highest BCUT2D eigenvalue weighted by atomic mass is 31.2. The first-order valence-electron chi connectivity index (χ1n) is 23.9. The quantitative estimate of drug-likeness (QED) is 0.00985. The van der Waals surface area contributed by atoms with Crippen LogP contribution in [0.5, 0.6) is 0 Å². The van der Waals surface area contributed by atoms with Gasteiger partial charge in [-0.2, -0.15) is 0 Å². The molecular weight excluding hydrogens is 859 g/mol. The van der Waals surface area contributed by atoms with Crippen molar-refractivity contribution < 1.29 is 73.3 Å². The van der Waals surface area contributed by atoms with Crippen LogP contribution in [-0.4, -0.2) is 121 Å². The van der Waals surface area contributed by atoms with Crippen LogP contribution in [0.1, 0.15) is 155 Å². The highest BCUT2D eigenvalue weighted by molar-refractivity contribution is 7.47. The van der Waals surface area contributed by atoms with E-state index in [2.05, 4.69) is 6.92 Å². The van der Waals surface area contributed by atoms with E-state index in [1.54, 1.807) is 31.2 Å². The summed E-state index contributed by atoms with van der Waals surface area (Å²) < 4.78 is 33.4. The van der Waals surface area contributed by atoms with Gasteiger partial charge in [0.25, 0.3) is 0 Å². The van der Waals surface area contributed by atoms with E-state index in [-0.39, 0.29) is 12.8 Å². The molecule has 8 atom stereocenters. The minimum absolute atomic E-state index is 0.0631. The maximum Gasteiger partial charge on any atom is 0.472 e. The molecule has 0 aliphatic heterocycles. The Morgan fingerprint density at radius 1 is 0.585 bits per heavy atom. The van der Waals surface area contributed by atoms with Crippen molar-refractivity contribution in [3.63, 3.8) is 0 Å². The van der Waals surface area contributed by atoms with Gasteiger partial charge in [0.05, 0.1) is 18.8 Å². The van der Waals surface area contributed by atoms with Gasteiger partial charge in [-0.25, -0.2) is 4.57 Å². The minimum Gasteiger partial charge on any atom is -0.462 e. The molecule has 65 heavy (non-hydrogen) atoms. The van der Waals surface area contributed by atoms with E-state index in [9.17, 15) is 54.8 Å². The standard InChI is InChI=1S/C49H83O15P/c1-3-4-5-6-7-8-9-10-11-12-13-17-20-23-30-35-42(52)61-37-41(38-62-65(59,60)64-49-47(57)45(55)44(54)46(56)48(49)58)63-43(53)36-31-24-21-18-15-14-16-19-22-28-33-40(51)34-29-26-25-27-32-39(2)50/h14-15,19,21-22,24,26-29,32-33,39-41,44-51,54-58H,3-13,16-18,20,23,25,30-31,34-38H2,1-2H3,(H,59,60)/b15-14+,22-19+,24-21+,29-26+,32-27-,33-28-. The summed E-state index contributed by atoms with van der Waals surface area (Å²) in [6.07, 6.45) is 28.4. The summed E-state index contributed by atoms with van der Waals surface area (Å²) in [7, 11) is -5.16. The van der Waals surface area contributed by atoms with Crippen molar-refractivity contribution in [2.45, 2.75) is 210 Å². The Balaban J connectivity index is 2.53. The summed E-state index contributed by atoms with van der Waals surface area (Å²) in [5, 5.41) is 69.4. The number of phosphoric acid groups is 1. The third-order valence-corrected chi connectivity index (χ3v) is 11.7. The van der Waals surface area contributed by atoms with E-state index >= 15 is 0 Å². The maximum atomic E-state index is 12.8. The summed E-state index contributed by atoms with van der Waals surface area (Å²) in [5.41, 5.74) is 0. The number of rotatable bonds is 38. The summed E-state index contributed by atoms with van der Waals surface area (Å²) in [4.78, 5) is 35.7. The number of aliphatic hydroxyl groups is 7. The number of allylic oxidation sites excluding steroid dienone is 9. The van der Waals surface area contributed by atoms with Crippen molar-refractivity contribution in [1.29, 1.82) is 0 Å². The lowest BCUT2D eigenvalue weighted by molar-refractivity contribution is -0.220. The second kappa shape index (κ2) is 38.2. The van der Waals surface area contributed by atoms with Crippen LogP contribution in [0.25, 0.3) is 0 Å². The summed E-state index contributed by atoms with van der Waals surface area (Å²) in [6, 6.07) is 0. The SMILES string of the molecule is CCCCCCCCCCCCCCCCCC(=O)OCC(COP(=O)(O)OC1C(O)C(O)C(O)C(O)C1O)OC(=O)CC/C=C/C/C=C/C/C=C/C=C\C(O)C/C=C/C/C=C\C(C)O. The monoisotopic (exact) mass is 943 g/mol. The predicted octanol–water partition coefficient (Wildman–Crippen LogP) is 7.44. The molecule has 15 nitrogen and oxygen atoms in total. The fourth-order valence-electron chi connectivity index (χ4n) is 6.82. The van der Waals surface area contributed by atoms with Crippen molar-refractivity contribution in [2.24, 2.45) is 0 Å². The Hall–Kier alpha value is -2.79. The van der Waals surface area contributed by atoms with Gasteiger partial charge in [0, 0.05) is 12.8 Å². The van der Waals surface area contributed by atoms with Crippen LogP contribution in [0, 0.1) is 0 Å². The minimum atomic E-state index is -5.16. The second-order valence-electron chi connectivity index (χ2n) is 16.7. The van der Waals surface area contributed by atoms with Crippen LogP contribution in [0.4, 0.5) is 0 Å². The third kappa shape index (κ3) is 31.8. The summed E-state index contributed by atoms with van der Waals surface area (Å²) in [6.45, 7) is 2.64. The second-order valence-corrected chi connectivity index (χ2v) is 18.1. The number of carbonyl (C=O) groups excluding carboxylic acids is 2. The Bertz CT molecular complexity index is 1440. The molecule has 0 amide bonds. The number of esters is 2. The number of ether oxygens (including phenoxy) is 2. The van der Waals surface area contributed by atoms with Gasteiger partial charge in [-0.15, -0.1) is 0 Å². The molecule has 0 bridgehead atoms. The molecule has 374 valence electrons. The highest BCUT2D eigenvalue weighted by Crippen LogP contribution is 2.47. The van der Waals surface area contributed by atoms with E-state index in [1.807, 2.05) is 48.6 Å². The lowest BCUT2D eigenvalue weighted by Gasteiger charge is -2.41. The summed E-state index contributed by atoms with van der Waals surface area (Å²) >= 11 is 0. The van der Waals surface area contributed by atoms with Crippen molar-refractivity contribution in [3.05, 3.63) is 72.9 Å². The molecular formula is C49H83O15P. The number of hydrogen-bond donors (Lipinski definition) is 8. The third-order valence-electron chi connectivity index (χ3n) is 10.7. The number of hydrogen-bond acceptors (Lipinski definition) is 14. The van der Waals surface area contributed by atoms with Gasteiger partial charge >= 0.3 is 19.8 Å². The zero-order valence-corrected chi connectivity index (χ0v) is 39.9. The fourth-order valence-corrected chi connectivity index (χ4v) is 7.79. The molecule has 0 spiro atoms. The molecule has 8 N–H and O–H groups in total. The highest BCUT2D eigenvalue weighted by Gasteiger charge is 2.51. The molecule has 0 aromatic rings. The zero-order chi connectivity index (χ0) is 48.1. The molecule has 0 saturated heterocycles. The van der Waals surface area contributed by atoms with Gasteiger partial charge in [0.1, 0.15) is 43.2 Å². The Morgan fingerprint density at radius 3 is 1.68 bits per heavy atom. The van der Waals surface area contributed by atoms with Crippen LogP contribution >= 0.6 is 7.82 Å². The van der Waals surface area contributed by atoms with Crippen LogP contribution in [0.3, 0.4) is 0 Å². The molecule has 0 aromatic heterocycles. The average Bonchev–Trinajstić information content (AvgIpc) is 3.27. The molecule has 0 radical (unpaired) electrons. The van der Waals surface area contributed by atoms with Crippen LogP contribution in [-0.2, 0) is 32.7 Å². The van der Waals surface area contributed by atoms with Crippen molar-refractivity contribution in [2.75, 3.05) is 13.2 Å². The van der Waals surface area contributed by atoms with E-state index in [4.69, 9.17) is 18.5 Å². The molecule has 1 fully saturated rings. The van der Waals surface area contributed by atoms with E-state index < -0.39 is 87.9 Å². The van der Waals surface area contributed by atoms with E-state index in [1.165, 1.54) is 64.2 Å². The lowest BCUT2D eigenvalue weighted by atomic mass is 9.85. The lowest BCUT2D eigenvalue weighted by Crippen LogP contribution is -2.64. The molecule has 0 heterocycles. The number of aliphatic hydroxyl groups excluding tert-OH is 7. The number of phosphoric ester groups is 1. The molecule has 1 saturated carbocycles. The van der Waals surface area contributed by atoms with Crippen molar-refractivity contribution in [3.8, 4) is 0 Å². The summed E-state index contributed by atoms with van der Waals surface area (Å²) in [5.74, 6) is -1.24. The Morgan fingerprint density at radius 2 is 1.09 bits per heavy atom. The normalized spacial score (nSPS) is 23.0. The van der Waals surface area contributed by atoms with Crippen LogP contribution < -0.4 is 0 Å². The first-order valence-corrected chi connectivity index (χ1v) is 25.4. The fraction of sp³-hybridized carbons (Fsp3) is 0.714. The number of carbonyl (C=O) groups is 2. The molecule has 0 aromatic carbocycles. The number of unbranched alkanes of at least 4 members (excludes halogenated alkanes) is 14. The van der Waals surface area contributed by atoms with Gasteiger partial charge in [0.15, 0.2) is 6.10 Å². The van der Waals surface area contributed by atoms with Crippen molar-refractivity contribution >= 4 is 19.8 Å². The molecule has 1 aliphatic rings. The van der Waals surface area contributed by atoms with Crippen LogP contribution in [0.15, 0.2) is 72.9 Å². The largest absolute Gasteiger partial charge is 0.472 e. The van der Waals surface area contributed by atoms with Crippen LogP contribution in [0.2, 0.25) is 0 Å². The van der Waals surface area contributed by atoms with Gasteiger partial charge < -0.3 is 50.1 Å². The topological polar surface area (TPSA) is 250 Å². The van der Waals surface area contributed by atoms with E-state index in [0.717, 1.165) is 25.7 Å². The van der Waals surface area contributed by atoms with Gasteiger partial charge in [0.2, 0.25) is 0 Å². The molecule has 8 unspecified atom stereocenters. The molecule has 16 heteroatoms. The Labute approximate surface area is 388 Å². The molecule has 1 aliphatic carbocycles. The predicted molar refractivity (Wildman–Crippen MR) is 251 cm³/mol. The van der Waals surface area contributed by atoms with Gasteiger partial charge in [-0.1, -0.05) is 170 Å². The van der Waals surface area contributed by atoms with Gasteiger partial charge in [-0.05, 0) is 45.4 Å². The first-order chi connectivity index (χ1) is 31.2. The van der Waals surface area contributed by atoms with Gasteiger partial charge in [-0.3, -0.25) is 18.6 Å². The first kappa shape index (κ1) is 60.2. The zero-order valence-electron chi connectivity index (χ0n) is 39.0. The maximum absolute atomic E-state index is 12.8.